The van der Waals surface area contributed by atoms with E-state index in [1.807, 2.05) is 18.2 Å². The highest BCUT2D eigenvalue weighted by atomic mass is 35.5. The molecular weight excluding hydrogens is 266 g/mol. The Balaban J connectivity index is 2.07. The first-order chi connectivity index (χ1) is 9.16. The minimum Gasteiger partial charge on any atom is -0.481 e. The van der Waals surface area contributed by atoms with Gasteiger partial charge in [0.25, 0.3) is 0 Å². The molecule has 1 N–H and O–H groups in total. The van der Waals surface area contributed by atoms with Gasteiger partial charge in [-0.2, -0.15) is 5.10 Å². The fraction of sp³-hybridized carbons (Fsp3) is 0.308. The van der Waals surface area contributed by atoms with Gasteiger partial charge in [-0.3, -0.25) is 4.79 Å². The molecule has 0 spiro atoms. The number of halogens is 1. The van der Waals surface area contributed by atoms with Crippen molar-refractivity contribution >= 4 is 17.6 Å². The lowest BCUT2D eigenvalue weighted by Crippen LogP contribution is -2.22. The standard InChI is InChI=1S/C13H12ClN3O2/c14-10-6-2-1-4-8(10)11-15-12-9(13(18)19)5-3-7-17(12)16-11/h1-2,4,6,9H,3,5,7H2,(H,18,19). The smallest absolute Gasteiger partial charge is 0.314 e. The lowest BCUT2D eigenvalue weighted by atomic mass is 10.00. The summed E-state index contributed by atoms with van der Waals surface area (Å²) in [5, 5.41) is 14.2. The van der Waals surface area contributed by atoms with E-state index in [0.29, 0.717) is 29.6 Å². The van der Waals surface area contributed by atoms with Crippen LogP contribution in [0.1, 0.15) is 24.6 Å². The van der Waals surface area contributed by atoms with Crippen LogP contribution in [0, 0.1) is 0 Å². The number of carboxylic acid groups (broad SMARTS) is 1. The molecule has 19 heavy (non-hydrogen) atoms. The molecule has 3 rings (SSSR count). The van der Waals surface area contributed by atoms with Gasteiger partial charge < -0.3 is 5.11 Å². The maximum Gasteiger partial charge on any atom is 0.314 e. The van der Waals surface area contributed by atoms with Gasteiger partial charge in [0, 0.05) is 12.1 Å². The molecule has 1 unspecified atom stereocenters. The van der Waals surface area contributed by atoms with Crippen molar-refractivity contribution in [2.75, 3.05) is 0 Å². The van der Waals surface area contributed by atoms with E-state index < -0.39 is 11.9 Å². The molecule has 0 aliphatic carbocycles. The summed E-state index contributed by atoms with van der Waals surface area (Å²) in [6, 6.07) is 7.29. The number of benzene rings is 1. The third kappa shape index (κ3) is 2.10. The molecule has 1 aromatic heterocycles. The van der Waals surface area contributed by atoms with Crippen molar-refractivity contribution in [2.24, 2.45) is 0 Å². The molecule has 0 radical (unpaired) electrons. The number of fused-ring (bicyclic) bond motifs is 1. The molecule has 0 bridgehead atoms. The molecule has 0 saturated carbocycles. The summed E-state index contributed by atoms with van der Waals surface area (Å²) < 4.78 is 1.68. The Hall–Kier alpha value is -1.88. The SMILES string of the molecule is O=C(O)C1CCCn2nc(-c3ccccc3Cl)nc21. The number of carboxylic acids is 1. The Labute approximate surface area is 114 Å². The first-order valence-corrected chi connectivity index (χ1v) is 6.47. The van der Waals surface area contributed by atoms with Gasteiger partial charge in [0.15, 0.2) is 5.82 Å². The molecule has 1 aliphatic heterocycles. The molecule has 2 heterocycles. The van der Waals surface area contributed by atoms with Crippen LogP contribution in [-0.2, 0) is 11.3 Å². The van der Waals surface area contributed by atoms with E-state index in [0.717, 1.165) is 12.0 Å². The van der Waals surface area contributed by atoms with Crippen molar-refractivity contribution in [1.29, 1.82) is 0 Å². The minimum absolute atomic E-state index is 0.494. The third-order valence-electron chi connectivity index (χ3n) is 3.29. The molecule has 1 atom stereocenters. The first kappa shape index (κ1) is 12.2. The maximum absolute atomic E-state index is 11.2. The van der Waals surface area contributed by atoms with E-state index in [-0.39, 0.29) is 0 Å². The number of aryl methyl sites for hydroxylation is 1. The van der Waals surface area contributed by atoms with Gasteiger partial charge in [0.05, 0.1) is 5.02 Å². The second-order valence-corrected chi connectivity index (χ2v) is 4.94. The summed E-state index contributed by atoms with van der Waals surface area (Å²) in [5.41, 5.74) is 0.732. The fourth-order valence-corrected chi connectivity index (χ4v) is 2.56. The molecule has 0 fully saturated rings. The van der Waals surface area contributed by atoms with Crippen LogP contribution in [0.25, 0.3) is 11.4 Å². The molecular formula is C13H12ClN3O2. The molecule has 2 aromatic rings. The molecule has 0 amide bonds. The largest absolute Gasteiger partial charge is 0.481 e. The molecule has 6 heteroatoms. The highest BCUT2D eigenvalue weighted by Crippen LogP contribution is 2.30. The third-order valence-corrected chi connectivity index (χ3v) is 3.62. The van der Waals surface area contributed by atoms with E-state index in [1.54, 1.807) is 10.7 Å². The van der Waals surface area contributed by atoms with E-state index in [4.69, 9.17) is 11.6 Å². The van der Waals surface area contributed by atoms with Gasteiger partial charge in [-0.05, 0) is 25.0 Å². The minimum atomic E-state index is -0.848. The van der Waals surface area contributed by atoms with Crippen LogP contribution in [0.2, 0.25) is 5.02 Å². The zero-order valence-corrected chi connectivity index (χ0v) is 10.8. The topological polar surface area (TPSA) is 68.0 Å². The lowest BCUT2D eigenvalue weighted by molar-refractivity contribution is -0.139. The van der Waals surface area contributed by atoms with E-state index >= 15 is 0 Å². The first-order valence-electron chi connectivity index (χ1n) is 6.09. The van der Waals surface area contributed by atoms with Crippen molar-refractivity contribution in [3.63, 3.8) is 0 Å². The normalized spacial score (nSPS) is 18.1. The predicted octanol–water partition coefficient (Wildman–Crippen LogP) is 2.56. The van der Waals surface area contributed by atoms with Crippen LogP contribution in [0.3, 0.4) is 0 Å². The molecule has 98 valence electrons. The van der Waals surface area contributed by atoms with Crippen molar-refractivity contribution in [3.8, 4) is 11.4 Å². The summed E-state index contributed by atoms with van der Waals surface area (Å²) in [6.07, 6.45) is 1.41. The van der Waals surface area contributed by atoms with Gasteiger partial charge in [0.2, 0.25) is 0 Å². The number of carbonyl (C=O) groups is 1. The summed E-state index contributed by atoms with van der Waals surface area (Å²) >= 11 is 6.12. The average Bonchev–Trinajstić information content (AvgIpc) is 2.82. The molecule has 0 saturated heterocycles. The molecule has 5 nitrogen and oxygen atoms in total. The maximum atomic E-state index is 11.2. The van der Waals surface area contributed by atoms with Gasteiger partial charge in [-0.15, -0.1) is 0 Å². The van der Waals surface area contributed by atoms with Gasteiger partial charge >= 0.3 is 5.97 Å². The molecule has 1 aliphatic rings. The summed E-state index contributed by atoms with van der Waals surface area (Å²) in [5.74, 6) is -0.404. The van der Waals surface area contributed by atoms with Crippen LogP contribution in [0.4, 0.5) is 0 Å². The fourth-order valence-electron chi connectivity index (χ4n) is 2.34. The average molecular weight is 278 g/mol. The van der Waals surface area contributed by atoms with Gasteiger partial charge in [-0.25, -0.2) is 9.67 Å². The number of hydrogen-bond acceptors (Lipinski definition) is 3. The number of aromatic nitrogens is 3. The molecule has 1 aromatic carbocycles. The van der Waals surface area contributed by atoms with Crippen LogP contribution < -0.4 is 0 Å². The highest BCUT2D eigenvalue weighted by molar-refractivity contribution is 6.33. The Morgan fingerprint density at radius 1 is 1.42 bits per heavy atom. The summed E-state index contributed by atoms with van der Waals surface area (Å²) in [6.45, 7) is 0.705. The zero-order valence-electron chi connectivity index (χ0n) is 10.1. The lowest BCUT2D eigenvalue weighted by Gasteiger charge is -2.17. The van der Waals surface area contributed by atoms with Crippen LogP contribution in [-0.4, -0.2) is 25.8 Å². The highest BCUT2D eigenvalue weighted by Gasteiger charge is 2.30. The Morgan fingerprint density at radius 2 is 2.21 bits per heavy atom. The van der Waals surface area contributed by atoms with Gasteiger partial charge in [0.1, 0.15) is 11.7 Å². The van der Waals surface area contributed by atoms with E-state index in [1.165, 1.54) is 0 Å². The summed E-state index contributed by atoms with van der Waals surface area (Å²) in [7, 11) is 0. The number of nitrogens with zero attached hydrogens (tertiary/aromatic N) is 3. The number of rotatable bonds is 2. The van der Waals surface area contributed by atoms with Crippen molar-refractivity contribution in [1.82, 2.24) is 14.8 Å². The summed E-state index contributed by atoms with van der Waals surface area (Å²) in [4.78, 5) is 15.6. The number of hydrogen-bond donors (Lipinski definition) is 1. The van der Waals surface area contributed by atoms with Crippen LogP contribution in [0.5, 0.6) is 0 Å². The second kappa shape index (κ2) is 4.66. The van der Waals surface area contributed by atoms with Crippen molar-refractivity contribution in [3.05, 3.63) is 35.1 Å². The van der Waals surface area contributed by atoms with E-state index in [9.17, 15) is 9.90 Å². The monoisotopic (exact) mass is 277 g/mol. The van der Waals surface area contributed by atoms with Crippen molar-refractivity contribution in [2.45, 2.75) is 25.3 Å². The van der Waals surface area contributed by atoms with E-state index in [2.05, 4.69) is 10.1 Å². The second-order valence-electron chi connectivity index (χ2n) is 4.53. The zero-order chi connectivity index (χ0) is 13.4. The Morgan fingerprint density at radius 3 is 2.95 bits per heavy atom. The van der Waals surface area contributed by atoms with Crippen LogP contribution >= 0.6 is 11.6 Å². The van der Waals surface area contributed by atoms with Crippen molar-refractivity contribution < 1.29 is 9.90 Å². The van der Waals surface area contributed by atoms with Crippen LogP contribution in [0.15, 0.2) is 24.3 Å². The quantitative estimate of drug-likeness (QED) is 0.916. The predicted molar refractivity (Wildman–Crippen MR) is 70.1 cm³/mol. The number of aliphatic carboxylic acids is 1. The Kier molecular flexibility index (Phi) is 2.98. The van der Waals surface area contributed by atoms with Gasteiger partial charge in [-0.1, -0.05) is 23.7 Å². The Bertz CT molecular complexity index is 639.